The Balaban J connectivity index is 2.16. The summed E-state index contributed by atoms with van der Waals surface area (Å²) in [7, 11) is 3.11. The third-order valence-corrected chi connectivity index (χ3v) is 4.51. The molecule has 1 aromatic carbocycles. The van der Waals surface area contributed by atoms with E-state index in [-0.39, 0.29) is 17.5 Å². The summed E-state index contributed by atoms with van der Waals surface area (Å²) in [5.41, 5.74) is 0.816. The van der Waals surface area contributed by atoms with Crippen molar-refractivity contribution in [2.24, 2.45) is 5.92 Å². The fraction of sp³-hybridized carbons (Fsp3) is 0.474. The number of rotatable bonds is 5. The molecule has 0 radical (unpaired) electrons. The van der Waals surface area contributed by atoms with Crippen LogP contribution in [0.3, 0.4) is 0 Å². The normalized spacial score (nSPS) is 20.8. The van der Waals surface area contributed by atoms with Crippen molar-refractivity contribution < 1.29 is 14.3 Å². The number of amides is 1. The smallest absolute Gasteiger partial charge is 0.262 e. The first-order chi connectivity index (χ1) is 11.6. The lowest BCUT2D eigenvalue weighted by atomic mass is 9.86. The zero-order valence-electron chi connectivity index (χ0n) is 14.5. The molecule has 1 N–H and O–H groups in total. The predicted octanol–water partition coefficient (Wildman–Crippen LogP) is 3.31. The molecule has 0 aliphatic heterocycles. The van der Waals surface area contributed by atoms with Gasteiger partial charge in [-0.15, -0.1) is 0 Å². The topological polar surface area (TPSA) is 71.3 Å². The Morgan fingerprint density at radius 3 is 2.58 bits per heavy atom. The fourth-order valence-electron chi connectivity index (χ4n) is 3.03. The molecule has 2 rings (SSSR count). The number of ether oxygens (including phenoxy) is 2. The minimum atomic E-state index is -0.314. The lowest BCUT2D eigenvalue weighted by Gasteiger charge is -2.29. The first-order valence-corrected chi connectivity index (χ1v) is 8.23. The maximum atomic E-state index is 12.4. The number of hydrogen-bond donors (Lipinski definition) is 1. The van der Waals surface area contributed by atoms with E-state index in [0.29, 0.717) is 17.4 Å². The molecule has 0 heterocycles. The summed E-state index contributed by atoms with van der Waals surface area (Å²) in [4.78, 5) is 12.4. The first kappa shape index (κ1) is 17.9. The molecule has 1 aromatic rings. The van der Waals surface area contributed by atoms with Crippen LogP contribution in [0.25, 0.3) is 6.08 Å². The van der Waals surface area contributed by atoms with Crippen LogP contribution >= 0.6 is 0 Å². The van der Waals surface area contributed by atoms with Gasteiger partial charge in [-0.2, -0.15) is 5.26 Å². The van der Waals surface area contributed by atoms with Crippen LogP contribution in [0.15, 0.2) is 23.8 Å². The molecule has 2 atom stereocenters. The number of carbonyl (C=O) groups is 1. The Bertz CT molecular complexity index is 661. The first-order valence-electron chi connectivity index (χ1n) is 8.23. The van der Waals surface area contributed by atoms with E-state index in [1.54, 1.807) is 38.5 Å². The van der Waals surface area contributed by atoms with E-state index in [9.17, 15) is 10.1 Å². The third-order valence-electron chi connectivity index (χ3n) is 4.51. The third kappa shape index (κ3) is 4.29. The summed E-state index contributed by atoms with van der Waals surface area (Å²) in [5, 5.41) is 12.4. The van der Waals surface area contributed by atoms with Gasteiger partial charge in [0.05, 0.1) is 14.2 Å². The summed E-state index contributed by atoms with van der Waals surface area (Å²) in [6, 6.07) is 7.42. The second kappa shape index (κ2) is 8.39. The van der Waals surface area contributed by atoms with E-state index >= 15 is 0 Å². The average Bonchev–Trinajstić information content (AvgIpc) is 2.61. The van der Waals surface area contributed by atoms with Gasteiger partial charge < -0.3 is 14.8 Å². The largest absolute Gasteiger partial charge is 0.493 e. The van der Waals surface area contributed by atoms with Gasteiger partial charge in [0.15, 0.2) is 11.5 Å². The fourth-order valence-corrected chi connectivity index (χ4v) is 3.03. The van der Waals surface area contributed by atoms with Gasteiger partial charge in [0.25, 0.3) is 5.91 Å². The Hall–Kier alpha value is -2.48. The van der Waals surface area contributed by atoms with Crippen molar-refractivity contribution in [2.45, 2.75) is 38.6 Å². The molecule has 1 aliphatic rings. The molecular weight excluding hydrogens is 304 g/mol. The zero-order valence-corrected chi connectivity index (χ0v) is 14.5. The van der Waals surface area contributed by atoms with Gasteiger partial charge in [-0.25, -0.2) is 0 Å². The molecule has 24 heavy (non-hydrogen) atoms. The van der Waals surface area contributed by atoms with Crippen LogP contribution in [-0.2, 0) is 4.79 Å². The highest BCUT2D eigenvalue weighted by Gasteiger charge is 2.24. The van der Waals surface area contributed by atoms with E-state index < -0.39 is 0 Å². The van der Waals surface area contributed by atoms with E-state index in [2.05, 4.69) is 12.2 Å². The maximum Gasteiger partial charge on any atom is 0.262 e. The number of nitriles is 1. The molecule has 1 saturated carbocycles. The zero-order chi connectivity index (χ0) is 17.5. The highest BCUT2D eigenvalue weighted by Crippen LogP contribution is 2.28. The molecule has 0 unspecified atom stereocenters. The molecule has 0 spiro atoms. The van der Waals surface area contributed by atoms with Gasteiger partial charge >= 0.3 is 0 Å². The molecule has 0 aromatic heterocycles. The van der Waals surface area contributed by atoms with Crippen LogP contribution in [-0.4, -0.2) is 26.2 Å². The molecule has 1 amide bonds. The lowest BCUT2D eigenvalue weighted by Crippen LogP contribution is -2.41. The number of benzene rings is 1. The van der Waals surface area contributed by atoms with Crippen molar-refractivity contribution >= 4 is 12.0 Å². The van der Waals surface area contributed by atoms with Crippen molar-refractivity contribution in [3.8, 4) is 17.6 Å². The number of carbonyl (C=O) groups excluding carboxylic acids is 1. The predicted molar refractivity (Wildman–Crippen MR) is 92.7 cm³/mol. The standard InChI is InChI=1S/C19H24N2O3/c1-13-6-4-5-7-16(13)21-19(22)15(12-20)10-14-8-9-17(23-2)18(11-14)24-3/h8-11,13,16H,4-7H2,1-3H3,(H,21,22)/b15-10+/t13-,16-/m0/s1. The quantitative estimate of drug-likeness (QED) is 0.665. The summed E-state index contributed by atoms with van der Waals surface area (Å²) in [6.07, 6.45) is 6.00. The van der Waals surface area contributed by atoms with Gasteiger partial charge in [-0.3, -0.25) is 4.79 Å². The van der Waals surface area contributed by atoms with Crippen molar-refractivity contribution in [3.05, 3.63) is 29.3 Å². The number of hydrogen-bond acceptors (Lipinski definition) is 4. The summed E-state index contributed by atoms with van der Waals surface area (Å²) >= 11 is 0. The second-order valence-corrected chi connectivity index (χ2v) is 6.13. The van der Waals surface area contributed by atoms with Gasteiger partial charge in [-0.1, -0.05) is 25.8 Å². The highest BCUT2D eigenvalue weighted by atomic mass is 16.5. The maximum absolute atomic E-state index is 12.4. The van der Waals surface area contributed by atoms with E-state index in [4.69, 9.17) is 9.47 Å². The Morgan fingerprint density at radius 1 is 1.25 bits per heavy atom. The Morgan fingerprint density at radius 2 is 1.96 bits per heavy atom. The Kier molecular flexibility index (Phi) is 6.25. The average molecular weight is 328 g/mol. The minimum absolute atomic E-state index is 0.0972. The van der Waals surface area contributed by atoms with E-state index in [1.165, 1.54) is 6.42 Å². The monoisotopic (exact) mass is 328 g/mol. The summed E-state index contributed by atoms with van der Waals surface area (Å²) < 4.78 is 10.4. The van der Waals surface area contributed by atoms with Crippen LogP contribution in [0.5, 0.6) is 11.5 Å². The highest BCUT2D eigenvalue weighted by molar-refractivity contribution is 6.01. The molecular formula is C19H24N2O3. The van der Waals surface area contributed by atoms with Crippen molar-refractivity contribution in [3.63, 3.8) is 0 Å². The summed E-state index contributed by atoms with van der Waals surface area (Å²) in [6.45, 7) is 2.15. The van der Waals surface area contributed by atoms with Crippen LogP contribution < -0.4 is 14.8 Å². The number of methoxy groups -OCH3 is 2. The second-order valence-electron chi connectivity index (χ2n) is 6.13. The molecule has 5 heteroatoms. The van der Waals surface area contributed by atoms with Gasteiger partial charge in [0.1, 0.15) is 11.6 Å². The van der Waals surface area contributed by atoms with Crippen LogP contribution in [0.4, 0.5) is 0 Å². The molecule has 1 fully saturated rings. The van der Waals surface area contributed by atoms with Crippen molar-refractivity contribution in [2.75, 3.05) is 14.2 Å². The van der Waals surface area contributed by atoms with Crippen LogP contribution in [0.2, 0.25) is 0 Å². The summed E-state index contributed by atoms with van der Waals surface area (Å²) in [5.74, 6) is 1.30. The number of nitrogens with one attached hydrogen (secondary N) is 1. The van der Waals surface area contributed by atoms with Gasteiger partial charge in [0.2, 0.25) is 0 Å². The van der Waals surface area contributed by atoms with Crippen LogP contribution in [0.1, 0.15) is 38.2 Å². The van der Waals surface area contributed by atoms with E-state index in [1.807, 2.05) is 6.07 Å². The molecule has 0 bridgehead atoms. The van der Waals surface area contributed by atoms with Crippen LogP contribution in [0, 0.1) is 17.2 Å². The van der Waals surface area contributed by atoms with Crippen molar-refractivity contribution in [1.29, 1.82) is 5.26 Å². The minimum Gasteiger partial charge on any atom is -0.493 e. The molecule has 1 aliphatic carbocycles. The van der Waals surface area contributed by atoms with E-state index in [0.717, 1.165) is 24.8 Å². The van der Waals surface area contributed by atoms with Gasteiger partial charge in [-0.05, 0) is 42.5 Å². The molecule has 5 nitrogen and oxygen atoms in total. The van der Waals surface area contributed by atoms with Gasteiger partial charge in [0, 0.05) is 6.04 Å². The van der Waals surface area contributed by atoms with Crippen molar-refractivity contribution in [1.82, 2.24) is 5.32 Å². The molecule has 0 saturated heterocycles. The molecule has 128 valence electrons. The SMILES string of the molecule is COc1ccc(/C=C(\C#N)C(=O)N[C@H]2CCCC[C@@H]2C)cc1OC. The number of nitrogens with zero attached hydrogens (tertiary/aromatic N) is 1. The Labute approximate surface area is 143 Å². The lowest BCUT2D eigenvalue weighted by molar-refractivity contribution is -0.118.